The van der Waals surface area contributed by atoms with Gasteiger partial charge in [-0.05, 0) is 64.2 Å². The molecule has 0 saturated heterocycles. The van der Waals surface area contributed by atoms with Gasteiger partial charge in [0.15, 0.2) is 6.10 Å². The molecule has 62 heavy (non-hydrogen) atoms. The molecule has 1 atom stereocenters. The molecule has 0 aromatic heterocycles. The first-order chi connectivity index (χ1) is 30.5. The number of esters is 3. The van der Waals surface area contributed by atoms with E-state index in [1.54, 1.807) is 0 Å². The van der Waals surface area contributed by atoms with Crippen molar-refractivity contribution in [1.29, 1.82) is 0 Å². The van der Waals surface area contributed by atoms with Crippen LogP contribution in [0.4, 0.5) is 0 Å². The van der Waals surface area contributed by atoms with E-state index in [-0.39, 0.29) is 44.0 Å². The van der Waals surface area contributed by atoms with Gasteiger partial charge in [0, 0.05) is 19.3 Å². The molecule has 0 heterocycles. The fourth-order valence-corrected chi connectivity index (χ4v) is 6.72. The van der Waals surface area contributed by atoms with E-state index in [0.717, 1.165) is 83.5 Å². The van der Waals surface area contributed by atoms with Crippen LogP contribution in [-0.2, 0) is 28.6 Å². The number of hydrogen-bond acceptors (Lipinski definition) is 6. The summed E-state index contributed by atoms with van der Waals surface area (Å²) in [5.74, 6) is -1.01. The maximum Gasteiger partial charge on any atom is 0.306 e. The van der Waals surface area contributed by atoms with Crippen molar-refractivity contribution in [3.8, 4) is 0 Å². The molecular weight excluding hydrogens is 769 g/mol. The Labute approximate surface area is 381 Å². The summed E-state index contributed by atoms with van der Waals surface area (Å²) in [7, 11) is 0. The van der Waals surface area contributed by atoms with Gasteiger partial charge < -0.3 is 14.2 Å². The van der Waals surface area contributed by atoms with E-state index in [1.807, 2.05) is 54.7 Å². The largest absolute Gasteiger partial charge is 0.462 e. The third-order valence-electron chi connectivity index (χ3n) is 10.5. The highest BCUT2D eigenvalue weighted by Gasteiger charge is 2.19. The third kappa shape index (κ3) is 47.4. The van der Waals surface area contributed by atoms with Crippen LogP contribution >= 0.6 is 0 Å². The molecule has 0 aliphatic heterocycles. The smallest absolute Gasteiger partial charge is 0.306 e. The molecular formula is C56H92O6. The molecule has 0 aromatic rings. The summed E-state index contributed by atoms with van der Waals surface area (Å²) in [6.45, 7) is 6.29. The van der Waals surface area contributed by atoms with Crippen molar-refractivity contribution in [2.24, 2.45) is 0 Å². The van der Waals surface area contributed by atoms with Crippen molar-refractivity contribution in [3.63, 3.8) is 0 Å². The van der Waals surface area contributed by atoms with Crippen LogP contribution in [0.5, 0.6) is 0 Å². The summed E-state index contributed by atoms with van der Waals surface area (Å²) in [4.78, 5) is 37.9. The second-order valence-electron chi connectivity index (χ2n) is 16.4. The van der Waals surface area contributed by atoms with Gasteiger partial charge in [-0.15, -0.1) is 0 Å². The Kier molecular flexibility index (Phi) is 47.0. The maximum atomic E-state index is 12.8. The molecule has 0 fully saturated rings. The van der Waals surface area contributed by atoms with E-state index < -0.39 is 6.10 Å². The summed E-state index contributed by atoms with van der Waals surface area (Å²) in [5, 5.41) is 0. The summed E-state index contributed by atoms with van der Waals surface area (Å²) in [5.41, 5.74) is 0. The van der Waals surface area contributed by atoms with Crippen molar-refractivity contribution >= 4 is 17.9 Å². The van der Waals surface area contributed by atoms with Crippen LogP contribution in [0, 0.1) is 0 Å². The van der Waals surface area contributed by atoms with Gasteiger partial charge >= 0.3 is 17.9 Å². The predicted octanol–water partition coefficient (Wildman–Crippen LogP) is 16.6. The first-order valence-electron chi connectivity index (χ1n) is 25.3. The standard InChI is InChI=1S/C56H92O6/c1-4-7-10-13-16-19-22-25-27-28-29-32-34-37-40-43-46-49-55(58)61-52-53(51-60-54(57)48-45-42-39-36-33-30-24-21-18-15-12-9-6-3)62-56(59)50-47-44-41-38-35-31-26-23-20-17-14-11-8-5-2/h8-9,11-12,15,17-18,20-21,24,26,30-31,33,36,39,53H,4-7,10,13-14,16,19,22-23,25,27-29,32,34-35,37-38,40-52H2,1-3H3/b11-8-,12-9-,18-15-,20-17-,24-21-,31-26-,33-30-,39-36-. The minimum Gasteiger partial charge on any atom is -0.462 e. The highest BCUT2D eigenvalue weighted by atomic mass is 16.6. The number of unbranched alkanes of at least 4 members (excludes halogenated alkanes) is 21. The van der Waals surface area contributed by atoms with Gasteiger partial charge in [-0.2, -0.15) is 0 Å². The average molecular weight is 861 g/mol. The minimum atomic E-state index is -0.816. The van der Waals surface area contributed by atoms with Crippen molar-refractivity contribution in [2.75, 3.05) is 13.2 Å². The predicted molar refractivity (Wildman–Crippen MR) is 265 cm³/mol. The highest BCUT2D eigenvalue weighted by molar-refractivity contribution is 5.71. The van der Waals surface area contributed by atoms with Crippen LogP contribution in [0.15, 0.2) is 97.2 Å². The van der Waals surface area contributed by atoms with E-state index in [4.69, 9.17) is 14.2 Å². The summed E-state index contributed by atoms with van der Waals surface area (Å²) in [6.07, 6.45) is 65.5. The molecule has 6 heteroatoms. The first-order valence-corrected chi connectivity index (χ1v) is 25.3. The zero-order chi connectivity index (χ0) is 45.1. The summed E-state index contributed by atoms with van der Waals surface area (Å²) in [6, 6.07) is 0. The second kappa shape index (κ2) is 50.0. The van der Waals surface area contributed by atoms with Gasteiger partial charge in [0.05, 0.1) is 0 Å². The number of carbonyl (C=O) groups is 3. The van der Waals surface area contributed by atoms with Gasteiger partial charge in [0.1, 0.15) is 13.2 Å². The number of ether oxygens (including phenoxy) is 3. The zero-order valence-corrected chi connectivity index (χ0v) is 40.1. The molecule has 0 saturated carbocycles. The monoisotopic (exact) mass is 861 g/mol. The Morgan fingerprint density at radius 2 is 0.726 bits per heavy atom. The first kappa shape index (κ1) is 58.3. The zero-order valence-electron chi connectivity index (χ0n) is 40.1. The lowest BCUT2D eigenvalue weighted by Crippen LogP contribution is -2.30. The van der Waals surface area contributed by atoms with Crippen molar-refractivity contribution in [1.82, 2.24) is 0 Å². The van der Waals surface area contributed by atoms with Crippen LogP contribution in [0.25, 0.3) is 0 Å². The van der Waals surface area contributed by atoms with Gasteiger partial charge in [0.2, 0.25) is 0 Å². The second-order valence-corrected chi connectivity index (χ2v) is 16.4. The normalized spacial score (nSPS) is 12.9. The lowest BCUT2D eigenvalue weighted by Gasteiger charge is -2.18. The van der Waals surface area contributed by atoms with Crippen LogP contribution in [0.1, 0.15) is 220 Å². The van der Waals surface area contributed by atoms with E-state index in [0.29, 0.717) is 12.8 Å². The lowest BCUT2D eigenvalue weighted by molar-refractivity contribution is -0.167. The van der Waals surface area contributed by atoms with Crippen LogP contribution < -0.4 is 0 Å². The van der Waals surface area contributed by atoms with E-state index in [2.05, 4.69) is 63.3 Å². The SMILES string of the molecule is CC\C=C/C=C\C=C/C=C\C=C/CCCC(=O)OCC(COC(=O)CCCCCCCCCCCCCCCCCCC)OC(=O)CCCCCC/C=C\C/C=C\C/C=C\CC. The third-order valence-corrected chi connectivity index (χ3v) is 10.5. The molecule has 0 spiro atoms. The van der Waals surface area contributed by atoms with E-state index >= 15 is 0 Å². The Morgan fingerprint density at radius 3 is 1.23 bits per heavy atom. The molecule has 0 aliphatic carbocycles. The average Bonchev–Trinajstić information content (AvgIpc) is 3.27. The number of allylic oxidation sites excluding steroid dienone is 16. The molecule has 0 N–H and O–H groups in total. The molecule has 0 aromatic carbocycles. The lowest BCUT2D eigenvalue weighted by atomic mass is 10.0. The Bertz CT molecular complexity index is 1260. The van der Waals surface area contributed by atoms with E-state index in [9.17, 15) is 14.4 Å². The van der Waals surface area contributed by atoms with Gasteiger partial charge in [-0.3, -0.25) is 14.4 Å². The topological polar surface area (TPSA) is 78.9 Å². The number of hydrogen-bond donors (Lipinski definition) is 0. The maximum absolute atomic E-state index is 12.8. The highest BCUT2D eigenvalue weighted by Crippen LogP contribution is 2.15. The van der Waals surface area contributed by atoms with Crippen molar-refractivity contribution < 1.29 is 28.6 Å². The molecule has 0 aliphatic rings. The Hall–Kier alpha value is -3.67. The Balaban J connectivity index is 4.48. The van der Waals surface area contributed by atoms with Crippen LogP contribution in [-0.4, -0.2) is 37.2 Å². The molecule has 1 unspecified atom stereocenters. The molecule has 352 valence electrons. The number of carbonyl (C=O) groups excluding carboxylic acids is 3. The molecule has 0 bridgehead atoms. The molecule has 6 nitrogen and oxygen atoms in total. The quantitative estimate of drug-likeness (QED) is 0.0200. The molecule has 0 radical (unpaired) electrons. The summed E-state index contributed by atoms with van der Waals surface area (Å²) >= 11 is 0. The fraction of sp³-hybridized carbons (Fsp3) is 0.661. The molecule has 0 amide bonds. The van der Waals surface area contributed by atoms with Crippen molar-refractivity contribution in [2.45, 2.75) is 226 Å². The van der Waals surface area contributed by atoms with Gasteiger partial charge in [-0.1, -0.05) is 234 Å². The Morgan fingerprint density at radius 1 is 0.355 bits per heavy atom. The minimum absolute atomic E-state index is 0.109. The summed E-state index contributed by atoms with van der Waals surface area (Å²) < 4.78 is 16.7. The number of rotatable bonds is 44. The van der Waals surface area contributed by atoms with Crippen LogP contribution in [0.3, 0.4) is 0 Å². The van der Waals surface area contributed by atoms with E-state index in [1.165, 1.54) is 89.9 Å². The van der Waals surface area contributed by atoms with Gasteiger partial charge in [-0.25, -0.2) is 0 Å². The van der Waals surface area contributed by atoms with Crippen molar-refractivity contribution in [3.05, 3.63) is 97.2 Å². The molecule has 0 rings (SSSR count). The van der Waals surface area contributed by atoms with Gasteiger partial charge in [0.25, 0.3) is 0 Å². The van der Waals surface area contributed by atoms with Crippen LogP contribution in [0.2, 0.25) is 0 Å². The fourth-order valence-electron chi connectivity index (χ4n) is 6.72.